The van der Waals surface area contributed by atoms with E-state index >= 15 is 0 Å². The van der Waals surface area contributed by atoms with Crippen molar-refractivity contribution in [3.8, 4) is 0 Å². The topological polar surface area (TPSA) is 43.1 Å². The van der Waals surface area contributed by atoms with Gasteiger partial charge in [0.1, 0.15) is 0 Å². The second kappa shape index (κ2) is 5.32. The lowest BCUT2D eigenvalue weighted by molar-refractivity contribution is -0.113. The zero-order chi connectivity index (χ0) is 13.0. The molecule has 0 aromatic heterocycles. The summed E-state index contributed by atoms with van der Waals surface area (Å²) >= 11 is 0. The van der Waals surface area contributed by atoms with Crippen molar-refractivity contribution < 1.29 is 4.79 Å². The molecule has 2 N–H and O–H groups in total. The molecule has 18 heavy (non-hydrogen) atoms. The van der Waals surface area contributed by atoms with Crippen molar-refractivity contribution in [3.05, 3.63) is 77.5 Å². The van der Waals surface area contributed by atoms with Gasteiger partial charge >= 0.3 is 0 Å². The zero-order valence-corrected chi connectivity index (χ0v) is 10.3. The molecule has 2 aromatic carbocycles. The molecule has 0 aliphatic carbocycles. The van der Waals surface area contributed by atoms with E-state index in [9.17, 15) is 4.79 Å². The van der Waals surface area contributed by atoms with Gasteiger partial charge < -0.3 is 5.73 Å². The Balaban J connectivity index is 2.64. The lowest BCUT2D eigenvalue weighted by Gasteiger charge is -2.11. The van der Waals surface area contributed by atoms with Crippen molar-refractivity contribution in [2.24, 2.45) is 5.73 Å². The molecule has 0 amide bonds. The predicted octanol–water partition coefficient (Wildman–Crippen LogP) is 2.99. The fourth-order valence-corrected chi connectivity index (χ4v) is 1.86. The largest absolute Gasteiger partial charge is 0.395 e. The maximum atomic E-state index is 11.5. The van der Waals surface area contributed by atoms with E-state index in [1.807, 2.05) is 60.7 Å². The van der Waals surface area contributed by atoms with E-state index < -0.39 is 0 Å². The number of Topliss-reactive ketones (excluding diaryl/α,β-unsaturated/α-hetero) is 1. The van der Waals surface area contributed by atoms with Crippen LogP contribution in [0.4, 0.5) is 0 Å². The number of benzene rings is 2. The van der Waals surface area contributed by atoms with Gasteiger partial charge in [0.15, 0.2) is 5.78 Å². The van der Waals surface area contributed by atoms with Gasteiger partial charge in [-0.25, -0.2) is 0 Å². The van der Waals surface area contributed by atoms with Gasteiger partial charge in [-0.2, -0.15) is 0 Å². The summed E-state index contributed by atoms with van der Waals surface area (Å²) in [6.07, 6.45) is 0. The van der Waals surface area contributed by atoms with Crippen LogP contribution < -0.4 is 5.73 Å². The molecule has 0 aliphatic rings. The molecule has 0 bridgehead atoms. The molecule has 0 radical (unpaired) electrons. The van der Waals surface area contributed by atoms with E-state index in [2.05, 4.69) is 0 Å². The Hall–Kier alpha value is -2.35. The maximum absolute atomic E-state index is 11.5. The van der Waals surface area contributed by atoms with E-state index in [0.29, 0.717) is 5.70 Å². The van der Waals surface area contributed by atoms with Crippen LogP contribution in [0.2, 0.25) is 0 Å². The number of ketones is 1. The van der Waals surface area contributed by atoms with Crippen LogP contribution in [0, 0.1) is 0 Å². The highest BCUT2D eigenvalue weighted by molar-refractivity contribution is 6.03. The molecular weight excluding hydrogens is 222 g/mol. The highest BCUT2D eigenvalue weighted by Gasteiger charge is 2.12. The molecule has 0 atom stereocenters. The summed E-state index contributed by atoms with van der Waals surface area (Å²) in [5.41, 5.74) is 8.96. The molecule has 0 aliphatic heterocycles. The van der Waals surface area contributed by atoms with E-state index in [1.54, 1.807) is 0 Å². The van der Waals surface area contributed by atoms with Crippen molar-refractivity contribution >= 4 is 11.4 Å². The Morgan fingerprint density at radius 1 is 0.833 bits per heavy atom. The lowest BCUT2D eigenvalue weighted by atomic mass is 9.95. The highest BCUT2D eigenvalue weighted by atomic mass is 16.1. The molecule has 90 valence electrons. The van der Waals surface area contributed by atoms with Crippen molar-refractivity contribution in [1.29, 1.82) is 0 Å². The number of hydrogen-bond acceptors (Lipinski definition) is 2. The molecule has 2 aromatic rings. The molecule has 0 spiro atoms. The Bertz CT molecular complexity index is 529. The van der Waals surface area contributed by atoms with Gasteiger partial charge in [0, 0.05) is 12.5 Å². The molecule has 2 rings (SSSR count). The van der Waals surface area contributed by atoms with Crippen molar-refractivity contribution in [3.63, 3.8) is 0 Å². The van der Waals surface area contributed by atoms with Gasteiger partial charge in [-0.15, -0.1) is 0 Å². The van der Waals surface area contributed by atoms with Gasteiger partial charge in [0.2, 0.25) is 0 Å². The third-order valence-corrected chi connectivity index (χ3v) is 2.77. The van der Waals surface area contributed by atoms with E-state index in [1.165, 1.54) is 6.92 Å². The molecule has 2 nitrogen and oxygen atoms in total. The fourth-order valence-electron chi connectivity index (χ4n) is 1.86. The summed E-state index contributed by atoms with van der Waals surface area (Å²) in [6.45, 7) is 1.49. The molecule has 0 saturated carbocycles. The Morgan fingerprint density at radius 3 is 1.56 bits per heavy atom. The lowest BCUT2D eigenvalue weighted by Crippen LogP contribution is -2.11. The molecule has 0 fully saturated rings. The van der Waals surface area contributed by atoms with Crippen molar-refractivity contribution in [1.82, 2.24) is 0 Å². The third kappa shape index (κ3) is 2.48. The molecule has 2 heteroatoms. The van der Waals surface area contributed by atoms with E-state index in [-0.39, 0.29) is 5.78 Å². The number of allylic oxidation sites excluding steroid dienone is 1. The summed E-state index contributed by atoms with van der Waals surface area (Å²) in [4.78, 5) is 11.5. The summed E-state index contributed by atoms with van der Waals surface area (Å²) in [7, 11) is 0. The molecule has 0 unspecified atom stereocenters. The number of rotatable bonds is 3. The van der Waals surface area contributed by atoms with Crippen molar-refractivity contribution in [2.75, 3.05) is 0 Å². The summed E-state index contributed by atoms with van der Waals surface area (Å²) in [6, 6.07) is 19.5. The number of carbonyl (C=O) groups excluding carboxylic acids is 1. The molecule has 0 saturated heterocycles. The third-order valence-electron chi connectivity index (χ3n) is 2.77. The minimum Gasteiger partial charge on any atom is -0.395 e. The Morgan fingerprint density at radius 2 is 1.22 bits per heavy atom. The quantitative estimate of drug-likeness (QED) is 0.834. The second-order valence-corrected chi connectivity index (χ2v) is 4.08. The smallest absolute Gasteiger partial charge is 0.176 e. The Labute approximate surface area is 107 Å². The SMILES string of the molecule is CC(=O)C(N)=C(c1ccccc1)c1ccccc1. The van der Waals surface area contributed by atoms with Crippen LogP contribution in [0.5, 0.6) is 0 Å². The second-order valence-electron chi connectivity index (χ2n) is 4.08. The number of hydrogen-bond donors (Lipinski definition) is 1. The Kier molecular flexibility index (Phi) is 3.58. The standard InChI is InChI=1S/C16H15NO/c1-12(18)16(17)15(13-8-4-2-5-9-13)14-10-6-3-7-11-14/h2-11H,17H2,1H3. The number of carbonyl (C=O) groups is 1. The summed E-state index contributed by atoms with van der Waals surface area (Å²) in [5.74, 6) is -0.113. The average molecular weight is 237 g/mol. The molecule has 0 heterocycles. The first-order valence-corrected chi connectivity index (χ1v) is 5.81. The van der Waals surface area contributed by atoms with Gasteiger partial charge in [-0.1, -0.05) is 60.7 Å². The average Bonchev–Trinajstić information content (AvgIpc) is 2.41. The fraction of sp³-hybridized carbons (Fsp3) is 0.0625. The molecular formula is C16H15NO. The normalized spacial score (nSPS) is 9.83. The monoisotopic (exact) mass is 237 g/mol. The van der Waals surface area contributed by atoms with Crippen LogP contribution in [0.25, 0.3) is 5.57 Å². The zero-order valence-electron chi connectivity index (χ0n) is 10.3. The van der Waals surface area contributed by atoms with Gasteiger partial charge in [-0.3, -0.25) is 4.79 Å². The van der Waals surface area contributed by atoms with Gasteiger partial charge in [-0.05, 0) is 11.1 Å². The van der Waals surface area contributed by atoms with E-state index in [0.717, 1.165) is 16.7 Å². The van der Waals surface area contributed by atoms with Gasteiger partial charge in [0.05, 0.1) is 5.70 Å². The first-order chi connectivity index (χ1) is 8.70. The first kappa shape index (κ1) is 12.1. The van der Waals surface area contributed by atoms with Crippen molar-refractivity contribution in [2.45, 2.75) is 6.92 Å². The summed E-state index contributed by atoms with van der Waals surface area (Å²) < 4.78 is 0. The highest BCUT2D eigenvalue weighted by Crippen LogP contribution is 2.25. The van der Waals surface area contributed by atoms with Crippen LogP contribution >= 0.6 is 0 Å². The minimum atomic E-state index is -0.113. The number of nitrogens with two attached hydrogens (primary N) is 1. The van der Waals surface area contributed by atoms with Crippen LogP contribution in [-0.4, -0.2) is 5.78 Å². The van der Waals surface area contributed by atoms with Gasteiger partial charge in [0.25, 0.3) is 0 Å². The van der Waals surface area contributed by atoms with Crippen LogP contribution in [0.3, 0.4) is 0 Å². The predicted molar refractivity (Wildman–Crippen MR) is 73.8 cm³/mol. The summed E-state index contributed by atoms with van der Waals surface area (Å²) in [5, 5.41) is 0. The van der Waals surface area contributed by atoms with Crippen LogP contribution in [0.1, 0.15) is 18.1 Å². The first-order valence-electron chi connectivity index (χ1n) is 5.81. The van der Waals surface area contributed by atoms with Crippen LogP contribution in [0.15, 0.2) is 66.4 Å². The van der Waals surface area contributed by atoms with E-state index in [4.69, 9.17) is 5.73 Å². The van der Waals surface area contributed by atoms with Crippen LogP contribution in [-0.2, 0) is 4.79 Å². The maximum Gasteiger partial charge on any atom is 0.176 e. The minimum absolute atomic E-state index is 0.113.